The number of likely N-dealkylation sites (N-methyl/N-ethyl adjacent to an activating group) is 1. The van der Waals surface area contributed by atoms with Crippen LogP contribution in [0, 0.1) is 0 Å². The van der Waals surface area contributed by atoms with Crippen molar-refractivity contribution in [2.24, 2.45) is 0 Å². The fraction of sp³-hybridized carbons (Fsp3) is 0.800. The van der Waals surface area contributed by atoms with E-state index in [-0.39, 0.29) is 24.4 Å². The number of aliphatic carboxylic acids is 1. The van der Waals surface area contributed by atoms with Crippen LogP contribution in [-0.2, 0) is 9.59 Å². The van der Waals surface area contributed by atoms with E-state index in [4.69, 9.17) is 5.11 Å². The molecule has 2 unspecified atom stereocenters. The van der Waals surface area contributed by atoms with E-state index in [1.54, 1.807) is 7.05 Å². The summed E-state index contributed by atoms with van der Waals surface area (Å²) >= 11 is 0. The van der Waals surface area contributed by atoms with Gasteiger partial charge in [-0.2, -0.15) is 0 Å². The van der Waals surface area contributed by atoms with E-state index in [1.807, 2.05) is 11.8 Å². The van der Waals surface area contributed by atoms with Gasteiger partial charge >= 0.3 is 5.97 Å². The fourth-order valence-corrected chi connectivity index (χ4v) is 2.15. The molecule has 0 aromatic heterocycles. The molecule has 0 saturated carbocycles. The van der Waals surface area contributed by atoms with Crippen molar-refractivity contribution in [1.82, 2.24) is 10.2 Å². The Morgan fingerprint density at radius 3 is 2.80 bits per heavy atom. The van der Waals surface area contributed by atoms with Gasteiger partial charge in [-0.3, -0.25) is 14.5 Å². The highest BCUT2D eigenvalue weighted by Crippen LogP contribution is 2.22. The topological polar surface area (TPSA) is 69.6 Å². The van der Waals surface area contributed by atoms with Crippen LogP contribution in [0.1, 0.15) is 26.2 Å². The van der Waals surface area contributed by atoms with Crippen molar-refractivity contribution in [3.63, 3.8) is 0 Å². The second-order valence-electron chi connectivity index (χ2n) is 3.92. The third kappa shape index (κ3) is 2.92. The first-order chi connectivity index (χ1) is 7.06. The molecule has 0 spiro atoms. The number of carboxylic acid groups (broad SMARTS) is 1. The summed E-state index contributed by atoms with van der Waals surface area (Å²) in [6, 6.07) is -0.225. The quantitative estimate of drug-likeness (QED) is 0.694. The number of nitrogens with zero attached hydrogens (tertiary/aromatic N) is 1. The third-order valence-corrected chi connectivity index (χ3v) is 2.96. The number of carboxylic acids is 1. The van der Waals surface area contributed by atoms with Crippen molar-refractivity contribution in [3.05, 3.63) is 0 Å². The Morgan fingerprint density at radius 2 is 2.27 bits per heavy atom. The van der Waals surface area contributed by atoms with Crippen molar-refractivity contribution in [3.8, 4) is 0 Å². The molecule has 0 radical (unpaired) electrons. The highest BCUT2D eigenvalue weighted by molar-refractivity contribution is 5.81. The molecule has 0 bridgehead atoms. The van der Waals surface area contributed by atoms with Crippen LogP contribution in [0.25, 0.3) is 0 Å². The number of hydrogen-bond donors (Lipinski definition) is 2. The standard InChI is InChI=1S/C10H18N2O3/c1-7(10(15)11-2)12-5-3-4-8(12)6-9(13)14/h7-8H,3-6H2,1-2H3,(H,11,15)(H,13,14). The molecule has 1 saturated heterocycles. The van der Waals surface area contributed by atoms with Gasteiger partial charge in [0.15, 0.2) is 0 Å². The van der Waals surface area contributed by atoms with E-state index in [1.165, 1.54) is 0 Å². The van der Waals surface area contributed by atoms with Gasteiger partial charge in [-0.15, -0.1) is 0 Å². The number of amides is 1. The minimum absolute atomic E-state index is 0.00907. The summed E-state index contributed by atoms with van der Waals surface area (Å²) in [6.07, 6.45) is 1.97. The smallest absolute Gasteiger partial charge is 0.304 e. The number of carbonyl (C=O) groups excluding carboxylic acids is 1. The highest BCUT2D eigenvalue weighted by Gasteiger charge is 2.32. The maximum absolute atomic E-state index is 11.4. The molecule has 1 rings (SSSR count). The van der Waals surface area contributed by atoms with Crippen molar-refractivity contribution < 1.29 is 14.7 Å². The summed E-state index contributed by atoms with van der Waals surface area (Å²) in [5.74, 6) is -0.844. The van der Waals surface area contributed by atoms with Gasteiger partial charge in [-0.25, -0.2) is 0 Å². The van der Waals surface area contributed by atoms with Gasteiger partial charge in [0.25, 0.3) is 0 Å². The van der Waals surface area contributed by atoms with Gasteiger partial charge in [0, 0.05) is 13.1 Å². The Balaban J connectivity index is 2.59. The Morgan fingerprint density at radius 1 is 1.60 bits per heavy atom. The zero-order valence-electron chi connectivity index (χ0n) is 9.19. The summed E-state index contributed by atoms with van der Waals surface area (Å²) < 4.78 is 0. The lowest BCUT2D eigenvalue weighted by Gasteiger charge is -2.28. The lowest BCUT2D eigenvalue weighted by molar-refractivity contribution is -0.139. The van der Waals surface area contributed by atoms with Crippen LogP contribution in [0.2, 0.25) is 0 Å². The zero-order chi connectivity index (χ0) is 11.4. The Hall–Kier alpha value is -1.10. The predicted octanol–water partition coefficient (Wildman–Crippen LogP) is 0.0600. The molecule has 15 heavy (non-hydrogen) atoms. The Bertz CT molecular complexity index is 255. The van der Waals surface area contributed by atoms with Crippen LogP contribution >= 0.6 is 0 Å². The van der Waals surface area contributed by atoms with E-state index in [0.717, 1.165) is 19.4 Å². The first-order valence-corrected chi connectivity index (χ1v) is 5.25. The minimum atomic E-state index is -0.795. The predicted molar refractivity (Wildman–Crippen MR) is 55.5 cm³/mol. The molecule has 0 aromatic rings. The average Bonchev–Trinajstić information content (AvgIpc) is 2.62. The Labute approximate surface area is 89.4 Å². The molecule has 5 nitrogen and oxygen atoms in total. The molecule has 1 aliphatic rings. The van der Waals surface area contributed by atoms with E-state index < -0.39 is 5.97 Å². The molecule has 1 heterocycles. The van der Waals surface area contributed by atoms with Gasteiger partial charge in [0.2, 0.25) is 5.91 Å². The maximum atomic E-state index is 11.4. The molecular weight excluding hydrogens is 196 g/mol. The molecule has 1 fully saturated rings. The molecule has 86 valence electrons. The average molecular weight is 214 g/mol. The molecule has 0 aliphatic carbocycles. The van der Waals surface area contributed by atoms with Crippen LogP contribution < -0.4 is 5.32 Å². The van der Waals surface area contributed by atoms with E-state index in [9.17, 15) is 9.59 Å². The second-order valence-corrected chi connectivity index (χ2v) is 3.92. The van der Waals surface area contributed by atoms with Gasteiger partial charge < -0.3 is 10.4 Å². The molecule has 0 aromatic carbocycles. The first-order valence-electron chi connectivity index (χ1n) is 5.25. The summed E-state index contributed by atoms with van der Waals surface area (Å²) in [4.78, 5) is 24.0. The van der Waals surface area contributed by atoms with Crippen molar-refractivity contribution in [1.29, 1.82) is 0 Å². The van der Waals surface area contributed by atoms with Crippen LogP contribution in [0.3, 0.4) is 0 Å². The zero-order valence-corrected chi connectivity index (χ0v) is 9.19. The lowest BCUT2D eigenvalue weighted by atomic mass is 10.1. The molecule has 1 aliphatic heterocycles. The third-order valence-electron chi connectivity index (χ3n) is 2.96. The first kappa shape index (κ1) is 12.0. The summed E-state index contributed by atoms with van der Waals surface area (Å²) in [5.41, 5.74) is 0. The van der Waals surface area contributed by atoms with E-state index in [0.29, 0.717) is 0 Å². The number of rotatable bonds is 4. The van der Waals surface area contributed by atoms with Crippen molar-refractivity contribution >= 4 is 11.9 Å². The van der Waals surface area contributed by atoms with Crippen LogP contribution in [0.4, 0.5) is 0 Å². The van der Waals surface area contributed by atoms with E-state index >= 15 is 0 Å². The SMILES string of the molecule is CNC(=O)C(C)N1CCCC1CC(=O)O. The van der Waals surface area contributed by atoms with Gasteiger partial charge in [0.1, 0.15) is 0 Å². The normalized spacial score (nSPS) is 23.7. The Kier molecular flexibility index (Phi) is 4.08. The number of carbonyl (C=O) groups is 2. The molecule has 2 N–H and O–H groups in total. The highest BCUT2D eigenvalue weighted by atomic mass is 16.4. The van der Waals surface area contributed by atoms with Crippen LogP contribution in [0.15, 0.2) is 0 Å². The molecule has 5 heteroatoms. The largest absolute Gasteiger partial charge is 0.481 e. The van der Waals surface area contributed by atoms with Crippen LogP contribution in [0.5, 0.6) is 0 Å². The lowest BCUT2D eigenvalue weighted by Crippen LogP contribution is -2.46. The van der Waals surface area contributed by atoms with Gasteiger partial charge in [-0.1, -0.05) is 0 Å². The minimum Gasteiger partial charge on any atom is -0.481 e. The fourth-order valence-electron chi connectivity index (χ4n) is 2.15. The monoisotopic (exact) mass is 214 g/mol. The van der Waals surface area contributed by atoms with Crippen molar-refractivity contribution in [2.45, 2.75) is 38.3 Å². The van der Waals surface area contributed by atoms with Crippen LogP contribution in [-0.4, -0.2) is 47.6 Å². The summed E-state index contributed by atoms with van der Waals surface area (Å²) in [7, 11) is 1.60. The van der Waals surface area contributed by atoms with E-state index in [2.05, 4.69) is 5.32 Å². The molecular formula is C10H18N2O3. The summed E-state index contributed by atoms with van der Waals surface area (Å²) in [5, 5.41) is 11.3. The van der Waals surface area contributed by atoms with Gasteiger partial charge in [-0.05, 0) is 26.3 Å². The second kappa shape index (κ2) is 5.11. The molecule has 2 atom stereocenters. The van der Waals surface area contributed by atoms with Crippen molar-refractivity contribution in [2.75, 3.05) is 13.6 Å². The maximum Gasteiger partial charge on any atom is 0.304 e. The number of nitrogens with one attached hydrogen (secondary N) is 1. The number of likely N-dealkylation sites (tertiary alicyclic amines) is 1. The summed E-state index contributed by atoms with van der Waals surface area (Å²) in [6.45, 7) is 2.63. The number of hydrogen-bond acceptors (Lipinski definition) is 3. The molecule has 1 amide bonds. The van der Waals surface area contributed by atoms with Gasteiger partial charge in [0.05, 0.1) is 12.5 Å².